The van der Waals surface area contributed by atoms with E-state index in [0.29, 0.717) is 18.7 Å². The summed E-state index contributed by atoms with van der Waals surface area (Å²) in [6, 6.07) is 5.41. The van der Waals surface area contributed by atoms with Crippen LogP contribution in [0.4, 0.5) is 10.5 Å². The van der Waals surface area contributed by atoms with Gasteiger partial charge in [-0.3, -0.25) is 14.9 Å². The molecule has 0 bridgehead atoms. The van der Waals surface area contributed by atoms with Crippen molar-refractivity contribution in [3.8, 4) is 0 Å². The lowest BCUT2D eigenvalue weighted by molar-refractivity contribution is -0.384. The molecule has 1 aromatic carbocycles. The second kappa shape index (κ2) is 8.23. The zero-order valence-electron chi connectivity index (χ0n) is 13.4. The number of ketones is 1. The van der Waals surface area contributed by atoms with Crippen molar-refractivity contribution in [2.45, 2.75) is 26.4 Å². The zero-order chi connectivity index (χ0) is 17.5. The van der Waals surface area contributed by atoms with E-state index in [2.05, 4.69) is 10.6 Å². The number of Topliss-reactive ketones (excluding diaryl/α,β-unsaturated/α-hetero) is 1. The van der Waals surface area contributed by atoms with Crippen molar-refractivity contribution >= 4 is 17.6 Å². The molecule has 8 heteroatoms. The number of rotatable bonds is 7. The van der Waals surface area contributed by atoms with E-state index in [1.807, 2.05) is 0 Å². The number of non-ortho nitro benzene ring substituents is 1. The molecule has 0 aliphatic carbocycles. The highest BCUT2D eigenvalue weighted by molar-refractivity contribution is 5.97. The SMILES string of the molecule is CC(C)(C)OC(=O)NCCNCC(=O)c1ccc([N+](=O)[O-])cc1. The molecule has 0 unspecified atom stereocenters. The number of amides is 1. The third-order valence-electron chi connectivity index (χ3n) is 2.66. The highest BCUT2D eigenvalue weighted by Gasteiger charge is 2.15. The van der Waals surface area contributed by atoms with E-state index in [4.69, 9.17) is 4.74 Å². The van der Waals surface area contributed by atoms with Crippen LogP contribution in [0.2, 0.25) is 0 Å². The minimum atomic E-state index is -0.552. The van der Waals surface area contributed by atoms with Gasteiger partial charge in [0.1, 0.15) is 5.60 Å². The minimum absolute atomic E-state index is 0.0592. The fourth-order valence-corrected chi connectivity index (χ4v) is 1.64. The molecule has 0 saturated heterocycles. The van der Waals surface area contributed by atoms with Gasteiger partial charge in [0.25, 0.3) is 5.69 Å². The molecule has 1 amide bonds. The smallest absolute Gasteiger partial charge is 0.407 e. The number of benzene rings is 1. The Morgan fingerprint density at radius 2 is 1.78 bits per heavy atom. The summed E-state index contributed by atoms with van der Waals surface area (Å²) in [6.45, 7) is 6.11. The van der Waals surface area contributed by atoms with E-state index in [1.54, 1.807) is 20.8 Å². The summed E-state index contributed by atoms with van der Waals surface area (Å²) in [5, 5.41) is 16.0. The van der Waals surface area contributed by atoms with Crippen LogP contribution < -0.4 is 10.6 Å². The maximum absolute atomic E-state index is 11.9. The van der Waals surface area contributed by atoms with Crippen molar-refractivity contribution in [1.82, 2.24) is 10.6 Å². The van der Waals surface area contributed by atoms with Gasteiger partial charge in [-0.2, -0.15) is 0 Å². The Morgan fingerprint density at radius 3 is 2.30 bits per heavy atom. The van der Waals surface area contributed by atoms with E-state index >= 15 is 0 Å². The molecule has 0 heterocycles. The van der Waals surface area contributed by atoms with Crippen molar-refractivity contribution in [2.75, 3.05) is 19.6 Å². The lowest BCUT2D eigenvalue weighted by atomic mass is 10.1. The second-order valence-electron chi connectivity index (χ2n) is 5.83. The van der Waals surface area contributed by atoms with Crippen LogP contribution in [0.1, 0.15) is 31.1 Å². The fourth-order valence-electron chi connectivity index (χ4n) is 1.64. The summed E-state index contributed by atoms with van der Waals surface area (Å²) in [4.78, 5) is 33.3. The van der Waals surface area contributed by atoms with Crippen LogP contribution in [0.15, 0.2) is 24.3 Å². The maximum Gasteiger partial charge on any atom is 0.407 e. The molecule has 0 saturated carbocycles. The van der Waals surface area contributed by atoms with E-state index in [9.17, 15) is 19.7 Å². The summed E-state index contributed by atoms with van der Waals surface area (Å²) in [5.41, 5.74) is -0.220. The Labute approximate surface area is 134 Å². The van der Waals surface area contributed by atoms with Crippen LogP contribution in [0.3, 0.4) is 0 Å². The maximum atomic E-state index is 11.9. The van der Waals surface area contributed by atoms with E-state index in [1.165, 1.54) is 24.3 Å². The van der Waals surface area contributed by atoms with Gasteiger partial charge in [-0.25, -0.2) is 4.79 Å². The van der Waals surface area contributed by atoms with Gasteiger partial charge in [0, 0.05) is 30.8 Å². The third-order valence-corrected chi connectivity index (χ3v) is 2.66. The van der Waals surface area contributed by atoms with Gasteiger partial charge in [-0.15, -0.1) is 0 Å². The lowest BCUT2D eigenvalue weighted by Gasteiger charge is -2.19. The summed E-state index contributed by atoms with van der Waals surface area (Å²) in [5.74, 6) is -0.183. The average Bonchev–Trinajstić information content (AvgIpc) is 2.45. The van der Waals surface area contributed by atoms with Crippen LogP contribution in [0.25, 0.3) is 0 Å². The monoisotopic (exact) mass is 323 g/mol. The van der Waals surface area contributed by atoms with Gasteiger partial charge in [0.05, 0.1) is 11.5 Å². The van der Waals surface area contributed by atoms with E-state index in [-0.39, 0.29) is 18.0 Å². The minimum Gasteiger partial charge on any atom is -0.444 e. The molecule has 0 aliphatic rings. The largest absolute Gasteiger partial charge is 0.444 e. The number of carbonyl (C=O) groups is 2. The predicted octanol–water partition coefficient (Wildman–Crippen LogP) is 1.89. The first kappa shape index (κ1) is 18.6. The van der Waals surface area contributed by atoms with Crippen molar-refractivity contribution in [3.63, 3.8) is 0 Å². The van der Waals surface area contributed by atoms with Crippen LogP contribution in [-0.4, -0.2) is 42.0 Å². The van der Waals surface area contributed by atoms with Crippen LogP contribution >= 0.6 is 0 Å². The van der Waals surface area contributed by atoms with Gasteiger partial charge in [0.2, 0.25) is 0 Å². The number of hydrogen-bond donors (Lipinski definition) is 2. The number of nitro benzene ring substituents is 1. The van der Waals surface area contributed by atoms with Gasteiger partial charge < -0.3 is 15.4 Å². The Morgan fingerprint density at radius 1 is 1.17 bits per heavy atom. The standard InChI is InChI=1S/C15H21N3O5/c1-15(2,3)23-14(20)17-9-8-16-10-13(19)11-4-6-12(7-5-11)18(21)22/h4-7,16H,8-10H2,1-3H3,(H,17,20). The molecule has 0 spiro atoms. The van der Waals surface area contributed by atoms with Crippen molar-refractivity contribution in [2.24, 2.45) is 0 Å². The molecular weight excluding hydrogens is 302 g/mol. The molecule has 2 N–H and O–H groups in total. The van der Waals surface area contributed by atoms with Crippen LogP contribution in [-0.2, 0) is 4.74 Å². The van der Waals surface area contributed by atoms with Crippen LogP contribution in [0.5, 0.6) is 0 Å². The van der Waals surface area contributed by atoms with Gasteiger partial charge in [0.15, 0.2) is 5.78 Å². The second-order valence-corrected chi connectivity index (χ2v) is 5.83. The molecule has 0 atom stereocenters. The molecular formula is C15H21N3O5. The fraction of sp³-hybridized carbons (Fsp3) is 0.467. The molecule has 1 aromatic rings. The van der Waals surface area contributed by atoms with Crippen LogP contribution in [0, 0.1) is 10.1 Å². The number of hydrogen-bond acceptors (Lipinski definition) is 6. The summed E-state index contributed by atoms with van der Waals surface area (Å²) >= 11 is 0. The summed E-state index contributed by atoms with van der Waals surface area (Å²) in [6.07, 6.45) is -0.513. The summed E-state index contributed by atoms with van der Waals surface area (Å²) < 4.78 is 5.07. The normalized spacial score (nSPS) is 10.9. The number of carbonyl (C=O) groups excluding carboxylic acids is 2. The number of ether oxygens (including phenoxy) is 1. The number of nitro groups is 1. The van der Waals surface area contributed by atoms with Gasteiger partial charge >= 0.3 is 6.09 Å². The summed E-state index contributed by atoms with van der Waals surface area (Å²) in [7, 11) is 0. The van der Waals surface area contributed by atoms with Crippen molar-refractivity contribution < 1.29 is 19.2 Å². The van der Waals surface area contributed by atoms with Gasteiger partial charge in [-0.1, -0.05) is 0 Å². The molecule has 0 fully saturated rings. The molecule has 126 valence electrons. The first-order valence-electron chi connectivity index (χ1n) is 7.14. The van der Waals surface area contributed by atoms with E-state index in [0.717, 1.165) is 0 Å². The molecule has 0 radical (unpaired) electrons. The topological polar surface area (TPSA) is 111 Å². The molecule has 0 aromatic heterocycles. The highest BCUT2D eigenvalue weighted by atomic mass is 16.6. The van der Waals surface area contributed by atoms with E-state index < -0.39 is 16.6 Å². The number of nitrogens with zero attached hydrogens (tertiary/aromatic N) is 1. The Hall–Kier alpha value is -2.48. The number of nitrogens with one attached hydrogen (secondary N) is 2. The molecule has 1 rings (SSSR count). The van der Waals surface area contributed by atoms with Gasteiger partial charge in [-0.05, 0) is 32.9 Å². The first-order chi connectivity index (χ1) is 10.7. The Kier molecular flexibility index (Phi) is 6.65. The third kappa shape index (κ3) is 7.37. The van der Waals surface area contributed by atoms with Crippen molar-refractivity contribution in [3.05, 3.63) is 39.9 Å². The first-order valence-corrected chi connectivity index (χ1v) is 7.14. The van der Waals surface area contributed by atoms with Crippen molar-refractivity contribution in [1.29, 1.82) is 0 Å². The zero-order valence-corrected chi connectivity index (χ0v) is 13.4. The Bertz CT molecular complexity index is 563. The Balaban J connectivity index is 2.26. The predicted molar refractivity (Wildman–Crippen MR) is 84.5 cm³/mol. The molecule has 0 aliphatic heterocycles. The highest BCUT2D eigenvalue weighted by Crippen LogP contribution is 2.12. The number of alkyl carbamates (subject to hydrolysis) is 1. The quantitative estimate of drug-likeness (QED) is 0.343. The molecule has 8 nitrogen and oxygen atoms in total. The molecule has 23 heavy (non-hydrogen) atoms. The lowest BCUT2D eigenvalue weighted by Crippen LogP contribution is -2.37. The average molecular weight is 323 g/mol.